The number of hydrogen-bond donors (Lipinski definition) is 4. The Morgan fingerprint density at radius 1 is 1.33 bits per heavy atom. The second kappa shape index (κ2) is 6.02. The van der Waals surface area contributed by atoms with Crippen LogP contribution in [0.3, 0.4) is 0 Å². The number of anilines is 1. The number of nitrogens with two attached hydrogens (primary N) is 1. The molecule has 1 aromatic carbocycles. The first kappa shape index (κ1) is 12.4. The van der Waals surface area contributed by atoms with E-state index in [9.17, 15) is 0 Å². The van der Waals surface area contributed by atoms with E-state index in [-0.39, 0.29) is 0 Å². The molecule has 18 heavy (non-hydrogen) atoms. The van der Waals surface area contributed by atoms with Crippen molar-refractivity contribution in [1.82, 2.24) is 5.32 Å². The number of nitrogens with one attached hydrogen (secondary N) is 3. The van der Waals surface area contributed by atoms with Gasteiger partial charge in [-0.2, -0.15) is 0 Å². The molecule has 0 bridgehead atoms. The molecule has 0 radical (unpaired) electrons. The average molecular weight is 242 g/mol. The van der Waals surface area contributed by atoms with Gasteiger partial charge in [-0.3, -0.25) is 11.3 Å². The van der Waals surface area contributed by atoms with Gasteiger partial charge in [0.25, 0.3) is 0 Å². The summed E-state index contributed by atoms with van der Waals surface area (Å²) in [5, 5.41) is 11.1. The summed E-state index contributed by atoms with van der Waals surface area (Å²) < 4.78 is 0. The van der Waals surface area contributed by atoms with Crippen LogP contribution >= 0.6 is 0 Å². The van der Waals surface area contributed by atoms with Crippen molar-refractivity contribution in [3.63, 3.8) is 0 Å². The Morgan fingerprint density at radius 3 is 2.94 bits per heavy atom. The summed E-state index contributed by atoms with van der Waals surface area (Å²) in [6, 6.07) is 7.48. The van der Waals surface area contributed by atoms with E-state index >= 15 is 0 Å². The van der Waals surface area contributed by atoms with Crippen LogP contribution in [0.4, 0.5) is 5.69 Å². The third-order valence-electron chi connectivity index (χ3n) is 2.86. The van der Waals surface area contributed by atoms with Gasteiger partial charge in [-0.1, -0.05) is 30.4 Å². The SMILES string of the molecule is N=C(NCC1=CCCC=C1)c1cccc(NN)c1. The molecule has 5 N–H and O–H groups in total. The van der Waals surface area contributed by atoms with Gasteiger partial charge in [0, 0.05) is 17.8 Å². The van der Waals surface area contributed by atoms with Crippen molar-refractivity contribution < 1.29 is 0 Å². The molecule has 2 rings (SSSR count). The highest BCUT2D eigenvalue weighted by atomic mass is 15.2. The number of nitrogen functional groups attached to an aromatic ring is 1. The fourth-order valence-electron chi connectivity index (χ4n) is 1.86. The Morgan fingerprint density at radius 2 is 2.22 bits per heavy atom. The summed E-state index contributed by atoms with van der Waals surface area (Å²) in [5.41, 5.74) is 5.44. The first-order valence-electron chi connectivity index (χ1n) is 6.04. The van der Waals surface area contributed by atoms with Crippen LogP contribution in [0.15, 0.2) is 48.1 Å². The zero-order chi connectivity index (χ0) is 12.8. The molecule has 0 spiro atoms. The van der Waals surface area contributed by atoms with Gasteiger partial charge in [0.05, 0.1) is 0 Å². The summed E-state index contributed by atoms with van der Waals surface area (Å²) in [4.78, 5) is 0. The Bertz CT molecular complexity index is 488. The zero-order valence-corrected chi connectivity index (χ0v) is 10.2. The molecule has 0 heterocycles. The largest absolute Gasteiger partial charge is 0.366 e. The molecule has 4 nitrogen and oxygen atoms in total. The Balaban J connectivity index is 1.94. The van der Waals surface area contributed by atoms with Crippen LogP contribution in [-0.2, 0) is 0 Å². The molecular formula is C14H18N4. The lowest BCUT2D eigenvalue weighted by molar-refractivity contribution is 0.944. The number of hydrogen-bond acceptors (Lipinski definition) is 3. The van der Waals surface area contributed by atoms with Crippen molar-refractivity contribution in [3.05, 3.63) is 53.6 Å². The van der Waals surface area contributed by atoms with Gasteiger partial charge in [-0.25, -0.2) is 0 Å². The monoisotopic (exact) mass is 242 g/mol. The van der Waals surface area contributed by atoms with Crippen LogP contribution in [0, 0.1) is 5.41 Å². The molecule has 0 aliphatic heterocycles. The van der Waals surface area contributed by atoms with Gasteiger partial charge < -0.3 is 10.7 Å². The lowest BCUT2D eigenvalue weighted by atomic mass is 10.1. The van der Waals surface area contributed by atoms with E-state index in [1.165, 1.54) is 5.57 Å². The number of amidine groups is 1. The first-order valence-corrected chi connectivity index (χ1v) is 6.04. The fraction of sp³-hybridized carbons (Fsp3) is 0.214. The summed E-state index contributed by atoms with van der Waals surface area (Å²) in [5.74, 6) is 5.76. The highest BCUT2D eigenvalue weighted by molar-refractivity contribution is 5.97. The second-order valence-electron chi connectivity index (χ2n) is 4.21. The highest BCUT2D eigenvalue weighted by Gasteiger charge is 2.03. The summed E-state index contributed by atoms with van der Waals surface area (Å²) >= 11 is 0. The van der Waals surface area contributed by atoms with E-state index in [0.29, 0.717) is 12.4 Å². The maximum Gasteiger partial charge on any atom is 0.125 e. The highest BCUT2D eigenvalue weighted by Crippen LogP contribution is 2.10. The molecule has 0 fully saturated rings. The van der Waals surface area contributed by atoms with Gasteiger partial charge in [0.1, 0.15) is 5.84 Å². The fourth-order valence-corrected chi connectivity index (χ4v) is 1.86. The minimum Gasteiger partial charge on any atom is -0.366 e. The molecule has 94 valence electrons. The standard InChI is InChI=1S/C14H18N4/c15-14(12-7-4-8-13(9-12)18-16)17-10-11-5-2-1-3-6-11/h2,4-9,18H,1,3,10,16H2,(H2,15,17). The van der Waals surface area contributed by atoms with Gasteiger partial charge >= 0.3 is 0 Å². The molecule has 0 saturated heterocycles. The van der Waals surface area contributed by atoms with E-state index < -0.39 is 0 Å². The van der Waals surface area contributed by atoms with E-state index in [1.807, 2.05) is 24.3 Å². The van der Waals surface area contributed by atoms with Crippen LogP contribution < -0.4 is 16.6 Å². The van der Waals surface area contributed by atoms with Crippen LogP contribution in [0.25, 0.3) is 0 Å². The molecule has 0 amide bonds. The predicted molar refractivity (Wildman–Crippen MR) is 75.5 cm³/mol. The summed E-state index contributed by atoms with van der Waals surface area (Å²) in [6.07, 6.45) is 8.69. The minimum atomic E-state index is 0.409. The maximum absolute atomic E-state index is 7.99. The van der Waals surface area contributed by atoms with Gasteiger partial charge in [-0.15, -0.1) is 0 Å². The van der Waals surface area contributed by atoms with Crippen molar-refractivity contribution in [2.24, 2.45) is 5.84 Å². The van der Waals surface area contributed by atoms with E-state index in [2.05, 4.69) is 29.0 Å². The van der Waals surface area contributed by atoms with E-state index in [0.717, 1.165) is 24.1 Å². The third-order valence-corrected chi connectivity index (χ3v) is 2.86. The van der Waals surface area contributed by atoms with Crippen LogP contribution in [0.1, 0.15) is 18.4 Å². The number of rotatable bonds is 4. The van der Waals surface area contributed by atoms with E-state index in [4.69, 9.17) is 11.3 Å². The Labute approximate surface area is 107 Å². The molecular weight excluding hydrogens is 224 g/mol. The Kier molecular flexibility index (Phi) is 4.15. The minimum absolute atomic E-state index is 0.409. The summed E-state index contributed by atoms with van der Waals surface area (Å²) in [6.45, 7) is 0.690. The van der Waals surface area contributed by atoms with Crippen molar-refractivity contribution in [2.45, 2.75) is 12.8 Å². The van der Waals surface area contributed by atoms with Gasteiger partial charge in [-0.05, 0) is 30.5 Å². The molecule has 1 aliphatic rings. The topological polar surface area (TPSA) is 73.9 Å². The number of allylic oxidation sites excluding steroid dienone is 2. The quantitative estimate of drug-likeness (QED) is 0.283. The smallest absolute Gasteiger partial charge is 0.125 e. The van der Waals surface area contributed by atoms with Crippen molar-refractivity contribution in [2.75, 3.05) is 12.0 Å². The van der Waals surface area contributed by atoms with Crippen LogP contribution in [0.5, 0.6) is 0 Å². The van der Waals surface area contributed by atoms with Crippen molar-refractivity contribution in [3.8, 4) is 0 Å². The van der Waals surface area contributed by atoms with Crippen LogP contribution in [-0.4, -0.2) is 12.4 Å². The molecule has 0 saturated carbocycles. The zero-order valence-electron chi connectivity index (χ0n) is 10.2. The van der Waals surface area contributed by atoms with Gasteiger partial charge in [0.2, 0.25) is 0 Å². The molecule has 0 aromatic heterocycles. The summed E-state index contributed by atoms with van der Waals surface area (Å²) in [7, 11) is 0. The van der Waals surface area contributed by atoms with Crippen molar-refractivity contribution >= 4 is 11.5 Å². The van der Waals surface area contributed by atoms with Gasteiger partial charge in [0.15, 0.2) is 0 Å². The second-order valence-corrected chi connectivity index (χ2v) is 4.21. The third kappa shape index (κ3) is 3.21. The molecule has 4 heteroatoms. The van der Waals surface area contributed by atoms with Crippen LogP contribution in [0.2, 0.25) is 0 Å². The first-order chi connectivity index (χ1) is 8.79. The number of hydrazine groups is 1. The Hall–Kier alpha value is -2.07. The lowest BCUT2D eigenvalue weighted by Crippen LogP contribution is -2.25. The lowest BCUT2D eigenvalue weighted by Gasteiger charge is -2.11. The molecule has 0 unspecified atom stereocenters. The normalized spacial score (nSPS) is 13.9. The molecule has 0 atom stereocenters. The average Bonchev–Trinajstić information content (AvgIpc) is 2.46. The predicted octanol–water partition coefficient (Wildman–Crippen LogP) is 2.16. The molecule has 1 aliphatic carbocycles. The maximum atomic E-state index is 7.99. The number of benzene rings is 1. The van der Waals surface area contributed by atoms with E-state index in [1.54, 1.807) is 0 Å². The molecule has 1 aromatic rings. The van der Waals surface area contributed by atoms with Crippen molar-refractivity contribution in [1.29, 1.82) is 5.41 Å².